The largest absolute Gasteiger partial charge is 0.512 e. The third-order valence-corrected chi connectivity index (χ3v) is 10.5. The molecule has 0 bridgehead atoms. The Bertz CT molecular complexity index is 2190. The fourth-order valence-corrected chi connectivity index (χ4v) is 7.56. The Morgan fingerprint density at radius 2 is 1.55 bits per heavy atom. The van der Waals surface area contributed by atoms with Gasteiger partial charge in [0.25, 0.3) is 0 Å². The predicted octanol–water partition coefficient (Wildman–Crippen LogP) is 12.3. The van der Waals surface area contributed by atoms with Crippen molar-refractivity contribution in [2.75, 3.05) is 0 Å². The van der Waals surface area contributed by atoms with Crippen LogP contribution in [0.4, 0.5) is 0 Å². The van der Waals surface area contributed by atoms with Crippen LogP contribution in [0.1, 0.15) is 83.9 Å². The number of furan rings is 1. The van der Waals surface area contributed by atoms with Crippen molar-refractivity contribution in [2.24, 2.45) is 17.8 Å². The first-order valence-electron chi connectivity index (χ1n) is 19.1. The van der Waals surface area contributed by atoms with E-state index in [2.05, 4.69) is 104 Å². The molecule has 0 saturated carbocycles. The second-order valence-electron chi connectivity index (χ2n) is 14.4. The van der Waals surface area contributed by atoms with Crippen molar-refractivity contribution >= 4 is 27.7 Å². The van der Waals surface area contributed by atoms with Gasteiger partial charge < -0.3 is 9.52 Å². The first-order valence-corrected chi connectivity index (χ1v) is 19.1. The Morgan fingerprint density at radius 3 is 2.25 bits per heavy atom. The van der Waals surface area contributed by atoms with Crippen LogP contribution in [0.2, 0.25) is 0 Å². The van der Waals surface area contributed by atoms with E-state index in [4.69, 9.17) is 9.40 Å². The van der Waals surface area contributed by atoms with Gasteiger partial charge in [0.05, 0.1) is 5.76 Å². The molecule has 0 atom stereocenters. The number of rotatable bonds is 11. The van der Waals surface area contributed by atoms with Gasteiger partial charge in [0.2, 0.25) is 5.71 Å². The molecule has 6 aromatic rings. The molecule has 0 saturated heterocycles. The summed E-state index contributed by atoms with van der Waals surface area (Å²) in [6, 6.07) is 31.7. The summed E-state index contributed by atoms with van der Waals surface area (Å²) in [4.78, 5) is 21.1. The predicted molar refractivity (Wildman–Crippen MR) is 214 cm³/mol. The number of carbonyl (C=O) groups excluding carboxylic acids is 1. The standard InChI is InChI=1S/C34H27N2O.C13H24O2.Ir/c1-21(2)16-22-12-13-24-14-15-28-31-32(35-20-36-34(31)37-33(28)30(24)17-22)26-18-25-10-6-7-11-27(25)29(19-26)23-8-4-3-5-9-23;1-5-10(6-2)12(14)9-13(15)11(7-3)8-4;/h3-13,17,19-21H,14-16H2,1-2H3;9-11,14H,5-8H2,1-4H3;/q-1;;/b;12-9-;. The summed E-state index contributed by atoms with van der Waals surface area (Å²) < 4.78 is 6.48. The summed E-state index contributed by atoms with van der Waals surface area (Å²) in [5.74, 6) is 2.11. The molecule has 0 fully saturated rings. The number of ketones is 1. The maximum absolute atomic E-state index is 11.7. The van der Waals surface area contributed by atoms with Gasteiger partial charge in [-0.2, -0.15) is 0 Å². The van der Waals surface area contributed by atoms with Crippen LogP contribution in [0.3, 0.4) is 0 Å². The Kier molecular flexibility index (Phi) is 13.6. The smallest absolute Gasteiger partial charge is 0.223 e. The normalized spacial score (nSPS) is 12.4. The summed E-state index contributed by atoms with van der Waals surface area (Å²) in [6.45, 7) is 12.6. The van der Waals surface area contributed by atoms with E-state index in [0.29, 0.717) is 11.6 Å². The van der Waals surface area contributed by atoms with Crippen molar-refractivity contribution in [3.05, 3.63) is 120 Å². The number of hydrogen-bond acceptors (Lipinski definition) is 5. The maximum Gasteiger partial charge on any atom is 0.223 e. The molecule has 2 aromatic heterocycles. The summed E-state index contributed by atoms with van der Waals surface area (Å²) in [7, 11) is 0. The van der Waals surface area contributed by atoms with Gasteiger partial charge >= 0.3 is 0 Å². The van der Waals surface area contributed by atoms with E-state index < -0.39 is 0 Å². The van der Waals surface area contributed by atoms with Gasteiger partial charge in [-0.05, 0) is 73.6 Å². The first-order chi connectivity index (χ1) is 25.3. The number of aliphatic hydroxyl groups excluding tert-OH is 1. The molecule has 0 unspecified atom stereocenters. The molecule has 1 N–H and O–H groups in total. The summed E-state index contributed by atoms with van der Waals surface area (Å²) in [5, 5.41) is 13.0. The third kappa shape index (κ3) is 8.72. The van der Waals surface area contributed by atoms with Crippen LogP contribution in [-0.4, -0.2) is 20.9 Å². The number of benzene rings is 4. The molecule has 0 amide bonds. The Labute approximate surface area is 328 Å². The van der Waals surface area contributed by atoms with Crippen molar-refractivity contribution < 1.29 is 34.4 Å². The number of aromatic nitrogens is 2. The zero-order valence-corrected chi connectivity index (χ0v) is 34.2. The van der Waals surface area contributed by atoms with Crippen molar-refractivity contribution in [1.29, 1.82) is 0 Å². The SMILES string of the molecule is CC(C)Cc1ccc2c(c1)-c1oc3ncnc(-c4[c-]c5ccccc5c(-c5ccccc5)c4)c3c1CC2.CCC(CC)C(=O)/C=C(\O)C(CC)CC.[Ir]. The molecule has 53 heavy (non-hydrogen) atoms. The van der Waals surface area contributed by atoms with Gasteiger partial charge in [0.1, 0.15) is 12.1 Å². The van der Waals surface area contributed by atoms with E-state index in [9.17, 15) is 9.90 Å². The van der Waals surface area contributed by atoms with Crippen LogP contribution in [0.25, 0.3) is 55.6 Å². The minimum Gasteiger partial charge on any atom is -0.512 e. The van der Waals surface area contributed by atoms with E-state index in [-0.39, 0.29) is 43.5 Å². The Morgan fingerprint density at radius 1 is 0.849 bits per heavy atom. The molecule has 277 valence electrons. The van der Waals surface area contributed by atoms with Crippen LogP contribution < -0.4 is 0 Å². The molecule has 2 heterocycles. The van der Waals surface area contributed by atoms with Crippen molar-refractivity contribution in [2.45, 2.75) is 86.5 Å². The molecule has 1 aliphatic carbocycles. The Hall–Kier alpha value is -4.38. The zero-order valence-electron chi connectivity index (χ0n) is 31.8. The molecular weight excluding hydrogens is 833 g/mol. The zero-order chi connectivity index (χ0) is 36.8. The summed E-state index contributed by atoms with van der Waals surface area (Å²) >= 11 is 0. The summed E-state index contributed by atoms with van der Waals surface area (Å²) in [5.41, 5.74) is 9.98. The number of carbonyl (C=O) groups is 1. The van der Waals surface area contributed by atoms with Gasteiger partial charge in [-0.3, -0.25) is 9.78 Å². The number of allylic oxidation sites excluding steroid dienone is 2. The van der Waals surface area contributed by atoms with Crippen molar-refractivity contribution in [1.82, 2.24) is 9.97 Å². The van der Waals surface area contributed by atoms with E-state index in [1.807, 2.05) is 27.7 Å². The molecular formula is C47H51IrN2O3-. The third-order valence-electron chi connectivity index (χ3n) is 10.5. The molecule has 1 radical (unpaired) electrons. The van der Waals surface area contributed by atoms with Gasteiger partial charge in [0, 0.05) is 60.2 Å². The molecule has 1 aliphatic rings. The minimum atomic E-state index is 0. The average Bonchev–Trinajstić information content (AvgIpc) is 3.55. The molecule has 5 nitrogen and oxygen atoms in total. The molecule has 4 aromatic carbocycles. The van der Waals surface area contributed by atoms with Crippen LogP contribution in [0.5, 0.6) is 0 Å². The number of hydrogen-bond donors (Lipinski definition) is 1. The monoisotopic (exact) mass is 884 g/mol. The topological polar surface area (TPSA) is 76.2 Å². The van der Waals surface area contributed by atoms with Gasteiger partial charge in [-0.15, -0.1) is 23.6 Å². The van der Waals surface area contributed by atoms with Crippen LogP contribution >= 0.6 is 0 Å². The molecule has 0 aliphatic heterocycles. The number of fused-ring (bicyclic) bond motifs is 6. The number of aryl methyl sites for hydroxylation is 2. The number of aliphatic hydroxyl groups is 1. The quantitative estimate of drug-likeness (QED) is 0.0797. The first kappa shape index (κ1) is 39.8. The molecule has 6 heteroatoms. The maximum atomic E-state index is 11.7. The van der Waals surface area contributed by atoms with E-state index in [0.717, 1.165) is 72.7 Å². The van der Waals surface area contributed by atoms with E-state index in [1.54, 1.807) is 6.33 Å². The summed E-state index contributed by atoms with van der Waals surface area (Å²) in [6.07, 6.45) is 9.49. The fourth-order valence-electron chi connectivity index (χ4n) is 7.56. The Balaban J connectivity index is 0.000000290. The molecule has 0 spiro atoms. The average molecular weight is 884 g/mol. The minimum absolute atomic E-state index is 0. The van der Waals surface area contributed by atoms with Gasteiger partial charge in [-0.1, -0.05) is 119 Å². The van der Waals surface area contributed by atoms with Gasteiger partial charge in [0.15, 0.2) is 5.78 Å². The second-order valence-corrected chi connectivity index (χ2v) is 14.4. The van der Waals surface area contributed by atoms with E-state index in [1.165, 1.54) is 44.8 Å². The van der Waals surface area contributed by atoms with E-state index >= 15 is 0 Å². The fraction of sp³-hybridized carbons (Fsp3) is 0.340. The molecule has 7 rings (SSSR count). The van der Waals surface area contributed by atoms with Gasteiger partial charge in [-0.25, -0.2) is 4.98 Å². The number of nitrogens with zero attached hydrogens (tertiary/aromatic N) is 2. The van der Waals surface area contributed by atoms with Crippen LogP contribution in [0.15, 0.2) is 101 Å². The van der Waals surface area contributed by atoms with Crippen molar-refractivity contribution in [3.63, 3.8) is 0 Å². The van der Waals surface area contributed by atoms with Crippen LogP contribution in [-0.2, 0) is 44.2 Å². The van der Waals surface area contributed by atoms with Crippen LogP contribution in [0, 0.1) is 23.8 Å². The second kappa shape index (κ2) is 18.1. The van der Waals surface area contributed by atoms with Crippen molar-refractivity contribution in [3.8, 4) is 33.7 Å².